The minimum Gasteiger partial charge on any atom is -0.338 e. The number of hydrogen-bond donors (Lipinski definition) is 0. The van der Waals surface area contributed by atoms with Crippen molar-refractivity contribution in [3.05, 3.63) is 55.7 Å². The Labute approximate surface area is 131 Å². The number of benzene rings is 1. The van der Waals surface area contributed by atoms with E-state index in [4.69, 9.17) is 0 Å². The van der Waals surface area contributed by atoms with Gasteiger partial charge in [-0.1, -0.05) is 18.2 Å². The van der Waals surface area contributed by atoms with Crippen LogP contribution in [0.2, 0.25) is 0 Å². The molecular formula is C14H9Br2NOS. The summed E-state index contributed by atoms with van der Waals surface area (Å²) in [6.07, 6.45) is 1.96. The molecule has 0 N–H and O–H groups in total. The number of thiophene rings is 1. The molecule has 3 aromatic rings. The molecule has 0 atom stereocenters. The molecule has 1 aromatic carbocycles. The molecule has 0 aliphatic heterocycles. The topological polar surface area (TPSA) is 22.0 Å². The van der Waals surface area contributed by atoms with Gasteiger partial charge in [-0.15, -0.1) is 11.3 Å². The zero-order chi connectivity index (χ0) is 13.4. The molecule has 0 fully saturated rings. The maximum atomic E-state index is 12.2. The van der Waals surface area contributed by atoms with Gasteiger partial charge in [-0.2, -0.15) is 0 Å². The van der Waals surface area contributed by atoms with E-state index in [2.05, 4.69) is 31.9 Å². The molecule has 2 aromatic heterocycles. The van der Waals surface area contributed by atoms with E-state index in [1.807, 2.05) is 47.2 Å². The van der Waals surface area contributed by atoms with Crippen molar-refractivity contribution in [2.75, 3.05) is 0 Å². The van der Waals surface area contributed by atoms with Gasteiger partial charge >= 0.3 is 0 Å². The molecule has 96 valence electrons. The summed E-state index contributed by atoms with van der Waals surface area (Å²) in [5.41, 5.74) is 1.07. The van der Waals surface area contributed by atoms with Gasteiger partial charge in [0.15, 0.2) is 5.78 Å². The number of carbonyl (C=O) groups excluding carboxylic acids is 1. The average molecular weight is 399 g/mol. The molecule has 0 saturated heterocycles. The number of hydrogen-bond acceptors (Lipinski definition) is 2. The Morgan fingerprint density at radius 1 is 1.16 bits per heavy atom. The first-order valence-corrected chi connectivity index (χ1v) is 8.07. The third-order valence-electron chi connectivity index (χ3n) is 2.90. The zero-order valence-electron chi connectivity index (χ0n) is 9.77. The fourth-order valence-corrected chi connectivity index (χ4v) is 3.93. The highest BCUT2D eigenvalue weighted by Crippen LogP contribution is 2.27. The van der Waals surface area contributed by atoms with Gasteiger partial charge in [0, 0.05) is 21.6 Å². The Balaban J connectivity index is 1.95. The van der Waals surface area contributed by atoms with E-state index in [1.165, 1.54) is 11.3 Å². The number of carbonyl (C=O) groups is 1. The van der Waals surface area contributed by atoms with Crippen LogP contribution in [0.15, 0.2) is 50.9 Å². The first kappa shape index (κ1) is 13.1. The number of para-hydroxylation sites is 1. The fourth-order valence-electron chi connectivity index (χ4n) is 2.03. The lowest BCUT2D eigenvalue weighted by Gasteiger charge is -2.02. The molecule has 2 heterocycles. The smallest absolute Gasteiger partial charge is 0.192 e. The number of rotatable bonds is 3. The summed E-state index contributed by atoms with van der Waals surface area (Å²) in [5, 5.41) is 1.13. The van der Waals surface area contributed by atoms with E-state index in [-0.39, 0.29) is 5.78 Å². The van der Waals surface area contributed by atoms with Crippen LogP contribution in [0.3, 0.4) is 0 Å². The minimum atomic E-state index is 0.129. The van der Waals surface area contributed by atoms with Crippen molar-refractivity contribution in [1.82, 2.24) is 4.57 Å². The number of fused-ring (bicyclic) bond motifs is 1. The van der Waals surface area contributed by atoms with Crippen molar-refractivity contribution in [2.45, 2.75) is 6.54 Å². The molecule has 19 heavy (non-hydrogen) atoms. The van der Waals surface area contributed by atoms with Gasteiger partial charge in [-0.05, 0) is 50.1 Å². The van der Waals surface area contributed by atoms with Crippen molar-refractivity contribution < 1.29 is 4.79 Å². The largest absolute Gasteiger partial charge is 0.338 e. The predicted molar refractivity (Wildman–Crippen MR) is 86.0 cm³/mol. The minimum absolute atomic E-state index is 0.129. The monoisotopic (exact) mass is 397 g/mol. The van der Waals surface area contributed by atoms with Gasteiger partial charge in [0.05, 0.1) is 15.2 Å². The van der Waals surface area contributed by atoms with Crippen molar-refractivity contribution in [3.63, 3.8) is 0 Å². The highest BCUT2D eigenvalue weighted by molar-refractivity contribution is 9.11. The van der Waals surface area contributed by atoms with Gasteiger partial charge in [0.1, 0.15) is 0 Å². The molecule has 0 amide bonds. The van der Waals surface area contributed by atoms with E-state index in [0.29, 0.717) is 6.54 Å². The quantitative estimate of drug-likeness (QED) is 0.561. The Morgan fingerprint density at radius 3 is 2.68 bits per heavy atom. The lowest BCUT2D eigenvalue weighted by molar-refractivity contribution is 0.0977. The molecule has 0 aliphatic carbocycles. The van der Waals surface area contributed by atoms with Crippen LogP contribution in [-0.2, 0) is 6.54 Å². The van der Waals surface area contributed by atoms with Crippen molar-refractivity contribution in [1.29, 1.82) is 0 Å². The number of Topliss-reactive ketones (excluding diaryl/α,β-unsaturated/α-hetero) is 1. The lowest BCUT2D eigenvalue weighted by atomic mass is 10.2. The fraction of sp³-hybridized carbons (Fsp3) is 0.0714. The van der Waals surface area contributed by atoms with Gasteiger partial charge in [-0.25, -0.2) is 0 Å². The maximum Gasteiger partial charge on any atom is 0.192 e. The maximum absolute atomic E-state index is 12.2. The molecule has 0 spiro atoms. The second-order valence-corrected chi connectivity index (χ2v) is 7.47. The lowest BCUT2D eigenvalue weighted by Crippen LogP contribution is -2.07. The third-order valence-corrected chi connectivity index (χ3v) is 5.20. The van der Waals surface area contributed by atoms with Crippen LogP contribution in [0.5, 0.6) is 0 Å². The van der Waals surface area contributed by atoms with Gasteiger partial charge in [0.2, 0.25) is 0 Å². The molecule has 0 bridgehead atoms. The Kier molecular flexibility index (Phi) is 3.60. The van der Waals surface area contributed by atoms with Gasteiger partial charge in [-0.3, -0.25) is 4.79 Å². The van der Waals surface area contributed by atoms with Crippen LogP contribution in [0.1, 0.15) is 9.67 Å². The van der Waals surface area contributed by atoms with Crippen molar-refractivity contribution >= 4 is 59.9 Å². The number of halogens is 2. The second kappa shape index (κ2) is 5.23. The SMILES string of the molecule is O=C(Cn1cc(Br)c2ccccc21)c1ccc(Br)s1. The molecule has 0 unspecified atom stereocenters. The van der Waals surface area contributed by atoms with E-state index in [0.717, 1.165) is 24.0 Å². The van der Waals surface area contributed by atoms with Gasteiger partial charge in [0.25, 0.3) is 0 Å². The van der Waals surface area contributed by atoms with Crippen LogP contribution < -0.4 is 0 Å². The number of ketones is 1. The van der Waals surface area contributed by atoms with Gasteiger partial charge < -0.3 is 4.57 Å². The first-order valence-electron chi connectivity index (χ1n) is 5.67. The summed E-state index contributed by atoms with van der Waals surface area (Å²) < 4.78 is 3.98. The molecular weight excluding hydrogens is 390 g/mol. The number of nitrogens with zero attached hydrogens (tertiary/aromatic N) is 1. The number of aromatic nitrogens is 1. The van der Waals surface area contributed by atoms with Crippen molar-refractivity contribution in [3.8, 4) is 0 Å². The van der Waals surface area contributed by atoms with E-state index in [9.17, 15) is 4.79 Å². The molecule has 5 heteroatoms. The second-order valence-electron chi connectivity index (χ2n) is 4.15. The highest BCUT2D eigenvalue weighted by atomic mass is 79.9. The summed E-state index contributed by atoms with van der Waals surface area (Å²) in [5.74, 6) is 0.129. The van der Waals surface area contributed by atoms with E-state index >= 15 is 0 Å². The highest BCUT2D eigenvalue weighted by Gasteiger charge is 2.12. The molecule has 0 radical (unpaired) electrons. The standard InChI is InChI=1S/C14H9Br2NOS/c15-10-7-17(11-4-2-1-3-9(10)11)8-12(18)13-5-6-14(16)19-13/h1-7H,8H2. The van der Waals surface area contributed by atoms with Crippen LogP contribution >= 0.6 is 43.2 Å². The molecule has 0 aliphatic rings. The van der Waals surface area contributed by atoms with Crippen molar-refractivity contribution in [2.24, 2.45) is 0 Å². The third kappa shape index (κ3) is 2.55. The summed E-state index contributed by atoms with van der Waals surface area (Å²) >= 11 is 8.38. The Morgan fingerprint density at radius 2 is 1.95 bits per heavy atom. The van der Waals surface area contributed by atoms with E-state index < -0.39 is 0 Å². The van der Waals surface area contributed by atoms with E-state index in [1.54, 1.807) is 0 Å². The zero-order valence-corrected chi connectivity index (χ0v) is 13.8. The van der Waals surface area contributed by atoms with Crippen LogP contribution in [0, 0.1) is 0 Å². The Hall–Kier alpha value is -0.910. The van der Waals surface area contributed by atoms with Crippen LogP contribution in [0.25, 0.3) is 10.9 Å². The average Bonchev–Trinajstić information content (AvgIpc) is 2.96. The van der Waals surface area contributed by atoms with Crippen LogP contribution in [-0.4, -0.2) is 10.4 Å². The normalized spacial score (nSPS) is 11.1. The summed E-state index contributed by atoms with van der Waals surface area (Å²) in [7, 11) is 0. The predicted octanol–water partition coefficient (Wildman–Crippen LogP) is 5.11. The summed E-state index contributed by atoms with van der Waals surface area (Å²) in [6, 6.07) is 11.8. The molecule has 3 rings (SSSR count). The van der Waals surface area contributed by atoms with Crippen LogP contribution in [0.4, 0.5) is 0 Å². The molecule has 0 saturated carbocycles. The Bertz CT molecular complexity index is 760. The summed E-state index contributed by atoms with van der Waals surface area (Å²) in [4.78, 5) is 13.0. The summed E-state index contributed by atoms with van der Waals surface area (Å²) in [6.45, 7) is 0.360. The molecule has 2 nitrogen and oxygen atoms in total. The first-order chi connectivity index (χ1) is 9.15.